The molecule has 4 rings (SSSR count). The number of carbonyl (C=O) groups excluding carboxylic acids is 1. The number of rotatable bonds is 8. The highest BCUT2D eigenvalue weighted by molar-refractivity contribution is 7.89. The van der Waals surface area contributed by atoms with Crippen molar-refractivity contribution in [3.05, 3.63) is 53.9 Å². The van der Waals surface area contributed by atoms with Crippen LogP contribution in [0.4, 0.5) is 5.69 Å². The maximum atomic E-state index is 12.7. The van der Waals surface area contributed by atoms with Gasteiger partial charge in [-0.15, -0.1) is 0 Å². The normalized spacial score (nSPS) is 14.2. The Morgan fingerprint density at radius 2 is 2.03 bits per heavy atom. The Bertz CT molecular complexity index is 1150. The predicted molar refractivity (Wildman–Crippen MR) is 112 cm³/mol. The Kier molecular flexibility index (Phi) is 5.38. The Hall–Kier alpha value is -2.71. The third-order valence-electron chi connectivity index (χ3n) is 4.86. The molecule has 8 heteroatoms. The molecule has 0 spiro atoms. The maximum absolute atomic E-state index is 12.7. The fraction of sp³-hybridized carbons (Fsp3) is 0.333. The van der Waals surface area contributed by atoms with E-state index in [9.17, 15) is 13.2 Å². The fourth-order valence-corrected chi connectivity index (χ4v) is 4.45. The van der Waals surface area contributed by atoms with Gasteiger partial charge < -0.3 is 10.3 Å². The number of aromatic amines is 1. The minimum Gasteiger partial charge on any atom is -0.342 e. The van der Waals surface area contributed by atoms with E-state index in [2.05, 4.69) is 26.9 Å². The summed E-state index contributed by atoms with van der Waals surface area (Å²) in [6.45, 7) is 2.14. The zero-order valence-electron chi connectivity index (χ0n) is 16.2. The van der Waals surface area contributed by atoms with Gasteiger partial charge in [0.15, 0.2) is 0 Å². The van der Waals surface area contributed by atoms with Crippen LogP contribution in [0.5, 0.6) is 0 Å². The first-order valence-electron chi connectivity index (χ1n) is 9.87. The lowest BCUT2D eigenvalue weighted by Crippen LogP contribution is -2.26. The highest BCUT2D eigenvalue weighted by Gasteiger charge is 2.28. The van der Waals surface area contributed by atoms with Crippen molar-refractivity contribution in [1.82, 2.24) is 14.7 Å². The lowest BCUT2D eigenvalue weighted by molar-refractivity contribution is 0.102. The van der Waals surface area contributed by atoms with Gasteiger partial charge in [0.2, 0.25) is 10.0 Å². The molecule has 3 aromatic rings. The summed E-state index contributed by atoms with van der Waals surface area (Å²) in [4.78, 5) is 20.6. The highest BCUT2D eigenvalue weighted by atomic mass is 32.2. The second-order valence-corrected chi connectivity index (χ2v) is 9.11. The number of sulfonamides is 1. The van der Waals surface area contributed by atoms with Crippen molar-refractivity contribution in [3.8, 4) is 0 Å². The molecule has 1 heterocycles. The number of nitrogens with one attached hydrogen (secondary N) is 3. The van der Waals surface area contributed by atoms with E-state index in [0.29, 0.717) is 5.69 Å². The summed E-state index contributed by atoms with van der Waals surface area (Å²) in [6.07, 6.45) is 4.77. The number of H-pyrrole nitrogens is 1. The third kappa shape index (κ3) is 4.65. The number of aromatic nitrogens is 2. The van der Waals surface area contributed by atoms with Gasteiger partial charge >= 0.3 is 0 Å². The number of hydrogen-bond acceptors (Lipinski definition) is 4. The number of aryl methyl sites for hydroxylation is 1. The number of benzene rings is 2. The van der Waals surface area contributed by atoms with Crippen LogP contribution < -0.4 is 10.0 Å². The smallest absolute Gasteiger partial charge is 0.255 e. The monoisotopic (exact) mass is 412 g/mol. The minimum absolute atomic E-state index is 0.0147. The molecule has 7 nitrogen and oxygen atoms in total. The molecular formula is C21H24N4O3S. The summed E-state index contributed by atoms with van der Waals surface area (Å²) in [6, 6.07) is 11.6. The first kappa shape index (κ1) is 19.6. The number of carbonyl (C=O) groups is 1. The van der Waals surface area contributed by atoms with Crippen molar-refractivity contribution in [2.45, 2.75) is 50.0 Å². The average molecular weight is 413 g/mol. The lowest BCUT2D eigenvalue weighted by atomic mass is 10.2. The number of fused-ring (bicyclic) bond motifs is 1. The third-order valence-corrected chi connectivity index (χ3v) is 6.38. The fourth-order valence-electron chi connectivity index (χ4n) is 3.10. The average Bonchev–Trinajstić information content (AvgIpc) is 3.41. The van der Waals surface area contributed by atoms with Crippen molar-refractivity contribution in [3.63, 3.8) is 0 Å². The molecule has 152 valence electrons. The molecule has 0 bridgehead atoms. The molecule has 1 amide bonds. The molecule has 1 saturated carbocycles. The summed E-state index contributed by atoms with van der Waals surface area (Å²) in [5, 5.41) is 2.83. The van der Waals surface area contributed by atoms with Crippen molar-refractivity contribution in [1.29, 1.82) is 0 Å². The molecular weight excluding hydrogens is 388 g/mol. The highest BCUT2D eigenvalue weighted by Crippen LogP contribution is 2.23. The van der Waals surface area contributed by atoms with Crippen LogP contribution in [0.25, 0.3) is 11.0 Å². The molecule has 2 aromatic carbocycles. The molecule has 3 N–H and O–H groups in total. The van der Waals surface area contributed by atoms with E-state index in [1.165, 1.54) is 12.1 Å². The van der Waals surface area contributed by atoms with Crippen LogP contribution in [0.1, 0.15) is 48.8 Å². The van der Waals surface area contributed by atoms with E-state index in [4.69, 9.17) is 0 Å². The van der Waals surface area contributed by atoms with Crippen LogP contribution in [0, 0.1) is 0 Å². The van der Waals surface area contributed by atoms with Gasteiger partial charge in [0, 0.05) is 23.7 Å². The predicted octanol–water partition coefficient (Wildman–Crippen LogP) is 3.60. The first-order chi connectivity index (χ1) is 13.9. The topological polar surface area (TPSA) is 104 Å². The van der Waals surface area contributed by atoms with Gasteiger partial charge in [0.1, 0.15) is 5.82 Å². The summed E-state index contributed by atoms with van der Waals surface area (Å²) in [5.74, 6) is 0.574. The largest absolute Gasteiger partial charge is 0.342 e. The first-order valence-corrected chi connectivity index (χ1v) is 11.4. The van der Waals surface area contributed by atoms with Gasteiger partial charge in [-0.25, -0.2) is 18.1 Å². The van der Waals surface area contributed by atoms with E-state index in [-0.39, 0.29) is 22.4 Å². The molecule has 0 unspecified atom stereocenters. The van der Waals surface area contributed by atoms with Crippen molar-refractivity contribution >= 4 is 32.7 Å². The van der Waals surface area contributed by atoms with E-state index in [1.54, 1.807) is 18.2 Å². The maximum Gasteiger partial charge on any atom is 0.255 e. The van der Waals surface area contributed by atoms with Gasteiger partial charge in [-0.05, 0) is 55.7 Å². The van der Waals surface area contributed by atoms with E-state index in [1.807, 2.05) is 12.1 Å². The Morgan fingerprint density at radius 3 is 2.79 bits per heavy atom. The number of anilines is 1. The second-order valence-electron chi connectivity index (χ2n) is 7.40. The zero-order chi connectivity index (χ0) is 20.4. The van der Waals surface area contributed by atoms with Gasteiger partial charge in [0.25, 0.3) is 5.91 Å². The van der Waals surface area contributed by atoms with Crippen LogP contribution in [-0.2, 0) is 16.4 Å². The van der Waals surface area contributed by atoms with Crippen molar-refractivity contribution in [2.75, 3.05) is 5.32 Å². The molecule has 0 aliphatic heterocycles. The van der Waals surface area contributed by atoms with E-state index in [0.717, 1.165) is 49.0 Å². The summed E-state index contributed by atoms with van der Waals surface area (Å²) in [5.41, 5.74) is 2.63. The summed E-state index contributed by atoms with van der Waals surface area (Å²) < 4.78 is 27.4. The number of imidazole rings is 1. The number of nitrogens with zero attached hydrogens (tertiary/aromatic N) is 1. The molecule has 0 saturated heterocycles. The molecule has 1 aliphatic carbocycles. The minimum atomic E-state index is -3.60. The van der Waals surface area contributed by atoms with E-state index < -0.39 is 10.0 Å². The standard InChI is InChI=1S/C21H24N4O3S/c1-2-3-7-20-23-18-11-10-16(13-19(18)24-20)22-21(26)14-5-4-6-17(12-14)29(27,28)25-15-8-9-15/h4-6,10-13,15,25H,2-3,7-9H2,1H3,(H,22,26)(H,23,24). The molecule has 0 atom stereocenters. The zero-order valence-corrected chi connectivity index (χ0v) is 17.1. The Labute approximate surface area is 170 Å². The molecule has 1 aromatic heterocycles. The lowest BCUT2D eigenvalue weighted by Gasteiger charge is -2.08. The molecule has 29 heavy (non-hydrogen) atoms. The number of hydrogen-bond donors (Lipinski definition) is 3. The van der Waals surface area contributed by atoms with Crippen molar-refractivity contribution < 1.29 is 13.2 Å². The Morgan fingerprint density at radius 1 is 1.21 bits per heavy atom. The van der Waals surface area contributed by atoms with Crippen molar-refractivity contribution in [2.24, 2.45) is 0 Å². The SMILES string of the molecule is CCCCc1nc2ccc(NC(=O)c3cccc(S(=O)(=O)NC4CC4)c3)cc2[nH]1. The van der Waals surface area contributed by atoms with Crippen LogP contribution >= 0.6 is 0 Å². The van der Waals surface area contributed by atoms with Crippen LogP contribution in [0.15, 0.2) is 47.4 Å². The second kappa shape index (κ2) is 7.96. The molecule has 0 radical (unpaired) electrons. The van der Waals surface area contributed by atoms with Crippen LogP contribution in [-0.4, -0.2) is 30.3 Å². The van der Waals surface area contributed by atoms with E-state index >= 15 is 0 Å². The molecule has 1 fully saturated rings. The Balaban J connectivity index is 1.50. The van der Waals surface area contributed by atoms with Gasteiger partial charge in [-0.3, -0.25) is 4.79 Å². The summed E-state index contributed by atoms with van der Waals surface area (Å²) >= 11 is 0. The van der Waals surface area contributed by atoms with Gasteiger partial charge in [0.05, 0.1) is 15.9 Å². The quantitative estimate of drug-likeness (QED) is 0.526. The van der Waals surface area contributed by atoms with Gasteiger partial charge in [-0.1, -0.05) is 19.4 Å². The molecule has 1 aliphatic rings. The van der Waals surface area contributed by atoms with Gasteiger partial charge in [-0.2, -0.15) is 0 Å². The summed E-state index contributed by atoms with van der Waals surface area (Å²) in [7, 11) is -3.60. The number of unbranched alkanes of at least 4 members (excludes halogenated alkanes) is 1. The van der Waals surface area contributed by atoms with Crippen LogP contribution in [0.3, 0.4) is 0 Å². The van der Waals surface area contributed by atoms with Crippen LogP contribution in [0.2, 0.25) is 0 Å². The number of amides is 1.